The predicted molar refractivity (Wildman–Crippen MR) is 43.3 cm³/mol. The highest BCUT2D eigenvalue weighted by Gasteiger charge is 2.34. The molecule has 1 fully saturated rings. The van der Waals surface area contributed by atoms with Crippen LogP contribution in [0.15, 0.2) is 0 Å². The molecule has 0 N–H and O–H groups in total. The monoisotopic (exact) mass is 178 g/mol. The largest absolute Gasteiger partial charge is 0.377 e. The van der Waals surface area contributed by atoms with E-state index < -0.39 is 9.84 Å². The van der Waals surface area contributed by atoms with Crippen LogP contribution in [0.1, 0.15) is 20.3 Å². The lowest BCUT2D eigenvalue weighted by Crippen LogP contribution is -2.29. The van der Waals surface area contributed by atoms with Gasteiger partial charge in [-0.2, -0.15) is 0 Å². The highest BCUT2D eigenvalue weighted by atomic mass is 32.2. The van der Waals surface area contributed by atoms with Crippen molar-refractivity contribution in [3.63, 3.8) is 0 Å². The molecule has 2 atom stereocenters. The van der Waals surface area contributed by atoms with Crippen LogP contribution in [-0.2, 0) is 14.6 Å². The lowest BCUT2D eigenvalue weighted by atomic mass is 10.3. The van der Waals surface area contributed by atoms with Gasteiger partial charge in [0.05, 0.1) is 11.4 Å². The van der Waals surface area contributed by atoms with E-state index in [1.165, 1.54) is 0 Å². The molecule has 4 heteroatoms. The first-order valence-corrected chi connectivity index (χ1v) is 5.62. The molecule has 0 aliphatic carbocycles. The van der Waals surface area contributed by atoms with Gasteiger partial charge >= 0.3 is 0 Å². The maximum atomic E-state index is 11.3. The van der Waals surface area contributed by atoms with E-state index in [9.17, 15) is 8.42 Å². The van der Waals surface area contributed by atoms with Gasteiger partial charge in [-0.15, -0.1) is 0 Å². The van der Waals surface area contributed by atoms with Crippen LogP contribution in [0.25, 0.3) is 0 Å². The van der Waals surface area contributed by atoms with E-state index in [2.05, 4.69) is 0 Å². The van der Waals surface area contributed by atoms with Crippen molar-refractivity contribution in [1.29, 1.82) is 0 Å². The van der Waals surface area contributed by atoms with Crippen LogP contribution < -0.4 is 0 Å². The summed E-state index contributed by atoms with van der Waals surface area (Å²) in [6.45, 7) is 4.09. The van der Waals surface area contributed by atoms with Crippen LogP contribution in [-0.4, -0.2) is 32.1 Å². The first kappa shape index (κ1) is 9.00. The molecule has 1 aliphatic rings. The average molecular weight is 178 g/mol. The summed E-state index contributed by atoms with van der Waals surface area (Å²) >= 11 is 0. The zero-order valence-corrected chi connectivity index (χ0v) is 7.73. The number of hydrogen-bond acceptors (Lipinski definition) is 3. The zero-order valence-electron chi connectivity index (χ0n) is 6.91. The molecule has 0 bridgehead atoms. The summed E-state index contributed by atoms with van der Waals surface area (Å²) in [5.41, 5.74) is 0. The summed E-state index contributed by atoms with van der Waals surface area (Å²) in [7, 11) is -2.87. The Morgan fingerprint density at radius 3 is 2.55 bits per heavy atom. The van der Waals surface area contributed by atoms with Crippen LogP contribution in [0.2, 0.25) is 0 Å². The lowest BCUT2D eigenvalue weighted by molar-refractivity contribution is 0.126. The Labute approximate surface area is 67.7 Å². The van der Waals surface area contributed by atoms with E-state index in [1.54, 1.807) is 6.92 Å². The van der Waals surface area contributed by atoms with Crippen LogP contribution in [0.4, 0.5) is 0 Å². The molecule has 0 radical (unpaired) electrons. The third-order valence-electron chi connectivity index (χ3n) is 2.17. The van der Waals surface area contributed by atoms with Crippen LogP contribution in [0.5, 0.6) is 0 Å². The molecule has 3 nitrogen and oxygen atoms in total. The van der Waals surface area contributed by atoms with E-state index in [-0.39, 0.29) is 17.1 Å². The molecular weight excluding hydrogens is 164 g/mol. The van der Waals surface area contributed by atoms with Gasteiger partial charge in [0, 0.05) is 12.4 Å². The Balaban J connectivity index is 2.75. The van der Waals surface area contributed by atoms with Crippen LogP contribution in [0, 0.1) is 0 Å². The molecule has 2 unspecified atom stereocenters. The molecule has 0 spiro atoms. The van der Waals surface area contributed by atoms with E-state index in [0.29, 0.717) is 13.0 Å². The van der Waals surface area contributed by atoms with E-state index in [0.717, 1.165) is 0 Å². The summed E-state index contributed by atoms with van der Waals surface area (Å²) in [6, 6.07) is 0. The minimum absolute atomic E-state index is 0.111. The van der Waals surface area contributed by atoms with Crippen molar-refractivity contribution in [3.8, 4) is 0 Å². The zero-order chi connectivity index (χ0) is 8.48. The third-order valence-corrected chi connectivity index (χ3v) is 4.52. The van der Waals surface area contributed by atoms with Crippen molar-refractivity contribution < 1.29 is 13.2 Å². The fourth-order valence-corrected chi connectivity index (χ4v) is 2.94. The highest BCUT2D eigenvalue weighted by Crippen LogP contribution is 2.20. The second kappa shape index (κ2) is 3.11. The average Bonchev–Trinajstić information content (AvgIpc) is 2.36. The highest BCUT2D eigenvalue weighted by molar-refractivity contribution is 7.92. The Morgan fingerprint density at radius 2 is 2.18 bits per heavy atom. The summed E-state index contributed by atoms with van der Waals surface area (Å²) < 4.78 is 27.8. The fourth-order valence-electron chi connectivity index (χ4n) is 1.40. The van der Waals surface area contributed by atoms with E-state index >= 15 is 0 Å². The molecule has 0 saturated carbocycles. The van der Waals surface area contributed by atoms with Gasteiger partial charge in [-0.25, -0.2) is 8.42 Å². The Bertz CT molecular complexity index is 220. The maximum Gasteiger partial charge on any atom is 0.155 e. The van der Waals surface area contributed by atoms with Gasteiger partial charge in [-0.05, 0) is 13.3 Å². The first-order valence-electron chi connectivity index (χ1n) is 3.91. The number of sulfone groups is 1. The molecule has 0 aromatic rings. The van der Waals surface area contributed by atoms with Crippen molar-refractivity contribution in [2.75, 3.05) is 12.4 Å². The van der Waals surface area contributed by atoms with Gasteiger partial charge in [0.15, 0.2) is 9.84 Å². The van der Waals surface area contributed by atoms with E-state index in [1.807, 2.05) is 6.92 Å². The molecule has 0 aromatic heterocycles. The molecule has 1 heterocycles. The number of hydrogen-bond donors (Lipinski definition) is 0. The third kappa shape index (κ3) is 1.73. The standard InChI is InChI=1S/C7H14O3S/c1-3-11(8,9)7-4-5-10-6(7)2/h6-7H,3-5H2,1-2H3. The summed E-state index contributed by atoms with van der Waals surface area (Å²) in [6.07, 6.45) is 0.553. The topological polar surface area (TPSA) is 43.4 Å². The van der Waals surface area contributed by atoms with Crippen molar-refractivity contribution in [1.82, 2.24) is 0 Å². The van der Waals surface area contributed by atoms with Crippen molar-refractivity contribution >= 4 is 9.84 Å². The Morgan fingerprint density at radius 1 is 1.55 bits per heavy atom. The summed E-state index contributed by atoms with van der Waals surface area (Å²) in [5.74, 6) is 0.228. The maximum absolute atomic E-state index is 11.3. The van der Waals surface area contributed by atoms with Gasteiger partial charge < -0.3 is 4.74 Å². The fraction of sp³-hybridized carbons (Fsp3) is 1.00. The number of ether oxygens (including phenoxy) is 1. The second-order valence-corrected chi connectivity index (χ2v) is 5.36. The normalized spacial score (nSPS) is 32.5. The van der Waals surface area contributed by atoms with Crippen molar-refractivity contribution in [2.45, 2.75) is 31.6 Å². The van der Waals surface area contributed by atoms with Gasteiger partial charge in [-0.3, -0.25) is 0 Å². The van der Waals surface area contributed by atoms with Gasteiger partial charge in [0.2, 0.25) is 0 Å². The van der Waals surface area contributed by atoms with Crippen molar-refractivity contribution in [2.24, 2.45) is 0 Å². The first-order chi connectivity index (χ1) is 5.08. The van der Waals surface area contributed by atoms with Crippen LogP contribution in [0.3, 0.4) is 0 Å². The van der Waals surface area contributed by atoms with Crippen molar-refractivity contribution in [3.05, 3.63) is 0 Å². The Hall–Kier alpha value is -0.0900. The van der Waals surface area contributed by atoms with Crippen LogP contribution >= 0.6 is 0 Å². The Kier molecular flexibility index (Phi) is 2.54. The molecule has 11 heavy (non-hydrogen) atoms. The molecule has 1 aliphatic heterocycles. The van der Waals surface area contributed by atoms with Gasteiger partial charge in [0.25, 0.3) is 0 Å². The minimum Gasteiger partial charge on any atom is -0.377 e. The van der Waals surface area contributed by atoms with E-state index in [4.69, 9.17) is 4.74 Å². The minimum atomic E-state index is -2.87. The SMILES string of the molecule is CCS(=O)(=O)C1CCOC1C. The second-order valence-electron chi connectivity index (χ2n) is 2.85. The van der Waals surface area contributed by atoms with Gasteiger partial charge in [-0.1, -0.05) is 6.92 Å². The molecule has 0 aromatic carbocycles. The molecule has 1 saturated heterocycles. The number of rotatable bonds is 2. The lowest BCUT2D eigenvalue weighted by Gasteiger charge is -2.12. The smallest absolute Gasteiger partial charge is 0.155 e. The molecule has 66 valence electrons. The molecule has 1 rings (SSSR count). The summed E-state index contributed by atoms with van der Waals surface area (Å²) in [4.78, 5) is 0. The quantitative estimate of drug-likeness (QED) is 0.622. The predicted octanol–water partition coefficient (Wildman–Crippen LogP) is 0.599. The summed E-state index contributed by atoms with van der Waals surface area (Å²) in [5, 5.41) is -0.257. The molecular formula is C7H14O3S. The molecule has 0 amide bonds. The van der Waals surface area contributed by atoms with Gasteiger partial charge in [0.1, 0.15) is 0 Å².